The van der Waals surface area contributed by atoms with E-state index >= 15 is 0 Å². The van der Waals surface area contributed by atoms with E-state index in [9.17, 15) is 8.42 Å². The Kier molecular flexibility index (Phi) is 3.63. The molecule has 4 heteroatoms. The quantitative estimate of drug-likeness (QED) is 0.753. The Balaban J connectivity index is 3.47. The molecule has 0 fully saturated rings. The van der Waals surface area contributed by atoms with E-state index in [-0.39, 0.29) is 22.5 Å². The van der Waals surface area contributed by atoms with Gasteiger partial charge in [-0.2, -0.15) is 0 Å². The molecule has 1 rings (SSSR count). The molecule has 0 aliphatic rings. The van der Waals surface area contributed by atoms with Crippen LogP contribution in [0.2, 0.25) is 0 Å². The van der Waals surface area contributed by atoms with Crippen LogP contribution in [0, 0.1) is 20.8 Å². The van der Waals surface area contributed by atoms with E-state index in [1.165, 1.54) is 0 Å². The zero-order chi connectivity index (χ0) is 10.9. The minimum atomic E-state index is -2.97. The summed E-state index contributed by atoms with van der Waals surface area (Å²) in [6.07, 6.45) is 0. The molecule has 0 bridgehead atoms. The fourth-order valence-corrected chi connectivity index (χ4v) is 5.29. The summed E-state index contributed by atoms with van der Waals surface area (Å²) in [6.45, 7) is 5.87. The zero-order valence-electron chi connectivity index (χ0n) is 9.09. The van der Waals surface area contributed by atoms with Gasteiger partial charge in [-0.15, -0.1) is 0 Å². The summed E-state index contributed by atoms with van der Waals surface area (Å²) in [7, 11) is -2.97. The van der Waals surface area contributed by atoms with Crippen molar-refractivity contribution in [2.75, 3.05) is 3.77 Å². The van der Waals surface area contributed by atoms with Crippen molar-refractivity contribution in [2.45, 2.75) is 25.7 Å². The zero-order valence-corrected chi connectivity index (χ0v) is 15.6. The Labute approximate surface area is 98.7 Å². The first-order valence-corrected chi connectivity index (χ1v) is 10.4. The molecule has 0 spiro atoms. The second kappa shape index (κ2) is 4.23. The Hall–Kier alpha value is -0.0313. The number of sulfone groups is 1. The Morgan fingerprint density at radius 3 is 2.21 bits per heavy atom. The van der Waals surface area contributed by atoms with Gasteiger partial charge < -0.3 is 0 Å². The topological polar surface area (TPSA) is 34.1 Å². The van der Waals surface area contributed by atoms with E-state index in [1.54, 1.807) is 6.07 Å². The van der Waals surface area contributed by atoms with E-state index in [4.69, 9.17) is 0 Å². The summed E-state index contributed by atoms with van der Waals surface area (Å²) in [6, 6.07) is 3.63. The maximum atomic E-state index is 11.7. The average Bonchev–Trinajstić information content (AvgIpc) is 2.14. The molecule has 0 aliphatic carbocycles. The third kappa shape index (κ3) is 2.14. The second-order valence-electron chi connectivity index (χ2n) is 3.53. The first-order valence-electron chi connectivity index (χ1n) is 4.69. The van der Waals surface area contributed by atoms with E-state index in [0.717, 1.165) is 16.7 Å². The van der Waals surface area contributed by atoms with Crippen LogP contribution >= 0.6 is 0 Å². The summed E-state index contributed by atoms with van der Waals surface area (Å²) >= 11 is 0.185. The van der Waals surface area contributed by atoms with Crippen LogP contribution in [0.4, 0.5) is 0 Å². The van der Waals surface area contributed by atoms with Crippen LogP contribution in [-0.2, 0) is 9.84 Å². The van der Waals surface area contributed by atoms with Crippen molar-refractivity contribution in [1.82, 2.24) is 0 Å². The number of benzene rings is 1. The van der Waals surface area contributed by atoms with Crippen LogP contribution in [0.25, 0.3) is 0 Å². The summed E-state index contributed by atoms with van der Waals surface area (Å²) in [4.78, 5) is 0.528. The van der Waals surface area contributed by atoms with Crippen LogP contribution in [0.5, 0.6) is 0 Å². The van der Waals surface area contributed by atoms with Crippen molar-refractivity contribution >= 4 is 32.4 Å². The van der Waals surface area contributed by atoms with E-state index in [0.29, 0.717) is 8.66 Å². The number of aryl methyl sites for hydroxylation is 1. The fraction of sp³-hybridized carbons (Fsp3) is 0.400. The molecule has 14 heavy (non-hydrogen) atoms. The molecule has 1 aromatic carbocycles. The van der Waals surface area contributed by atoms with Crippen LogP contribution in [0.3, 0.4) is 0 Å². The molecule has 78 valence electrons. The molecule has 0 aromatic heterocycles. The van der Waals surface area contributed by atoms with Gasteiger partial charge in [-0.05, 0) is 0 Å². The number of hydrogen-bond donors (Lipinski definition) is 0. The predicted molar refractivity (Wildman–Crippen MR) is 62.6 cm³/mol. The molecule has 0 radical (unpaired) electrons. The summed E-state index contributed by atoms with van der Waals surface area (Å²) in [5, 5.41) is 0. The second-order valence-corrected chi connectivity index (χ2v) is 10.7. The molecule has 0 heterocycles. The molecular weight excluding hydrogens is 303 g/mol. The predicted octanol–water partition coefficient (Wildman–Crippen LogP) is 0.708. The van der Waals surface area contributed by atoms with Gasteiger partial charge in [0.05, 0.1) is 0 Å². The van der Waals surface area contributed by atoms with Gasteiger partial charge in [0.25, 0.3) is 0 Å². The van der Waals surface area contributed by atoms with Crippen molar-refractivity contribution in [1.29, 1.82) is 0 Å². The van der Waals surface area contributed by atoms with Crippen LogP contribution in [0.1, 0.15) is 16.7 Å². The first kappa shape index (κ1) is 12.0. The summed E-state index contributed by atoms with van der Waals surface area (Å²) < 4.78 is 23.8. The standard InChI is InChI=1S/C10H13O2S.Sn.3H/c1-7-5-6-10(13(4,11)12)9(3)8(7)2;;;;/h5-6H,4H2,1-3H3;;;;. The third-order valence-electron chi connectivity index (χ3n) is 2.72. The molecule has 0 amide bonds. The van der Waals surface area contributed by atoms with Crippen molar-refractivity contribution in [2.24, 2.45) is 0 Å². The van der Waals surface area contributed by atoms with Gasteiger partial charge in [0.2, 0.25) is 0 Å². The molecule has 0 aliphatic heterocycles. The van der Waals surface area contributed by atoms with Crippen molar-refractivity contribution in [3.05, 3.63) is 28.8 Å². The summed E-state index contributed by atoms with van der Waals surface area (Å²) in [5.74, 6) is 0. The van der Waals surface area contributed by atoms with E-state index in [2.05, 4.69) is 0 Å². The van der Waals surface area contributed by atoms with Crippen molar-refractivity contribution in [3.63, 3.8) is 0 Å². The van der Waals surface area contributed by atoms with Gasteiger partial charge in [0.15, 0.2) is 0 Å². The van der Waals surface area contributed by atoms with Crippen LogP contribution in [-0.4, -0.2) is 34.7 Å². The maximum absolute atomic E-state index is 11.7. The van der Waals surface area contributed by atoms with Crippen LogP contribution < -0.4 is 0 Å². The van der Waals surface area contributed by atoms with Crippen LogP contribution in [0.15, 0.2) is 17.0 Å². The van der Waals surface area contributed by atoms with Gasteiger partial charge in [0.1, 0.15) is 0 Å². The third-order valence-corrected chi connectivity index (χ3v) is 11.1. The Morgan fingerprint density at radius 1 is 1.14 bits per heavy atom. The molecule has 0 unspecified atom stereocenters. The van der Waals surface area contributed by atoms with E-state index < -0.39 is 9.84 Å². The summed E-state index contributed by atoms with van der Waals surface area (Å²) in [5.41, 5.74) is 3.16. The molecule has 0 saturated carbocycles. The molecule has 0 saturated heterocycles. The van der Waals surface area contributed by atoms with Gasteiger partial charge in [-0.1, -0.05) is 0 Å². The SMILES string of the molecule is Cc1ccc(S(=O)(=O)[CH2][SnH3])c(C)c1C. The molecule has 1 aromatic rings. The number of hydrogen-bond acceptors (Lipinski definition) is 2. The van der Waals surface area contributed by atoms with Crippen molar-refractivity contribution < 1.29 is 8.42 Å². The molecular formula is C10H16O2SSn. The molecule has 0 atom stereocenters. The minimum absolute atomic E-state index is 0.185. The van der Waals surface area contributed by atoms with Gasteiger partial charge in [-0.3, -0.25) is 0 Å². The first-order chi connectivity index (χ1) is 6.40. The van der Waals surface area contributed by atoms with Gasteiger partial charge >= 0.3 is 99.0 Å². The number of rotatable bonds is 2. The molecule has 0 N–H and O–H groups in total. The normalized spacial score (nSPS) is 11.9. The Bertz CT molecular complexity index is 449. The van der Waals surface area contributed by atoms with E-state index in [1.807, 2.05) is 26.8 Å². The van der Waals surface area contributed by atoms with Gasteiger partial charge in [0, 0.05) is 0 Å². The molecule has 2 nitrogen and oxygen atoms in total. The average molecular weight is 319 g/mol. The monoisotopic (exact) mass is 320 g/mol. The fourth-order valence-electron chi connectivity index (χ4n) is 1.42. The Morgan fingerprint density at radius 2 is 1.71 bits per heavy atom. The van der Waals surface area contributed by atoms with Crippen molar-refractivity contribution in [3.8, 4) is 0 Å². The van der Waals surface area contributed by atoms with Gasteiger partial charge in [-0.25, -0.2) is 0 Å².